The predicted octanol–water partition coefficient (Wildman–Crippen LogP) is 2.08. The van der Waals surface area contributed by atoms with E-state index in [-0.39, 0.29) is 5.75 Å². The molecule has 1 atom stereocenters. The van der Waals surface area contributed by atoms with E-state index in [4.69, 9.17) is 19.4 Å². The Morgan fingerprint density at radius 1 is 1.00 bits per heavy atom. The predicted molar refractivity (Wildman–Crippen MR) is 106 cm³/mol. The molecule has 7 nitrogen and oxygen atoms in total. The first-order valence-corrected chi connectivity index (χ1v) is 10.7. The lowest BCUT2D eigenvalue weighted by molar-refractivity contribution is -0.129. The molecular weight excluding hydrogens is 382 g/mol. The van der Waals surface area contributed by atoms with Gasteiger partial charge in [0, 0.05) is 19.4 Å². The molecule has 0 fully saturated rings. The lowest BCUT2D eigenvalue weighted by Crippen LogP contribution is -2.33. The molecule has 1 amide bonds. The van der Waals surface area contributed by atoms with Crippen molar-refractivity contribution in [1.82, 2.24) is 0 Å². The number of carbonyl (C=O) groups excluding carboxylic acids is 1. The van der Waals surface area contributed by atoms with Gasteiger partial charge in [0.1, 0.15) is 17.6 Å². The van der Waals surface area contributed by atoms with E-state index >= 15 is 0 Å². The van der Waals surface area contributed by atoms with Crippen LogP contribution in [0.3, 0.4) is 0 Å². The minimum absolute atomic E-state index is 0.282. The zero-order valence-corrected chi connectivity index (χ0v) is 16.8. The fourth-order valence-corrected chi connectivity index (χ4v) is 3.01. The molecule has 0 aliphatic carbocycles. The second kappa shape index (κ2) is 10.1. The molecule has 28 heavy (non-hydrogen) atoms. The highest BCUT2D eigenvalue weighted by Crippen LogP contribution is 2.17. The van der Waals surface area contributed by atoms with Crippen LogP contribution in [0.25, 0.3) is 0 Å². The van der Waals surface area contributed by atoms with Crippen LogP contribution in [0, 0.1) is 0 Å². The zero-order valence-electron chi connectivity index (χ0n) is 16.0. The minimum atomic E-state index is -3.52. The van der Waals surface area contributed by atoms with Crippen LogP contribution < -0.4 is 14.7 Å². The van der Waals surface area contributed by atoms with E-state index in [1.807, 2.05) is 31.2 Å². The summed E-state index contributed by atoms with van der Waals surface area (Å²) in [5.74, 6) is 0.520. The van der Waals surface area contributed by atoms with Crippen LogP contribution in [0.2, 0.25) is 0 Å². The molecular formula is C20H25NO6S. The molecule has 0 aliphatic heterocycles. The topological polar surface area (TPSA) is 105 Å². The van der Waals surface area contributed by atoms with Gasteiger partial charge >= 0.3 is 10.1 Å². The number of rotatable bonds is 11. The summed E-state index contributed by atoms with van der Waals surface area (Å²) in [7, 11) is -3.52. The Morgan fingerprint density at radius 2 is 1.57 bits per heavy atom. The van der Waals surface area contributed by atoms with E-state index in [1.165, 1.54) is 0 Å². The first-order valence-electron chi connectivity index (χ1n) is 8.88. The minimum Gasteiger partial charge on any atom is -0.493 e. The molecule has 2 N–H and O–H groups in total. The van der Waals surface area contributed by atoms with E-state index in [2.05, 4.69) is 0 Å². The van der Waals surface area contributed by atoms with Crippen LogP contribution in [0.4, 0.5) is 0 Å². The molecule has 2 aromatic rings. The monoisotopic (exact) mass is 407 g/mol. The molecule has 1 unspecified atom stereocenters. The van der Waals surface area contributed by atoms with Gasteiger partial charge < -0.3 is 19.4 Å². The molecule has 2 rings (SSSR count). The molecule has 0 radical (unpaired) electrons. The normalized spacial score (nSPS) is 12.4. The highest BCUT2D eigenvalue weighted by atomic mass is 32.2. The third kappa shape index (κ3) is 7.58. The summed E-state index contributed by atoms with van der Waals surface area (Å²) in [6, 6.07) is 14.2. The van der Waals surface area contributed by atoms with Crippen molar-refractivity contribution < 1.29 is 26.9 Å². The van der Waals surface area contributed by atoms with Crippen LogP contribution in [-0.4, -0.2) is 39.9 Å². The summed E-state index contributed by atoms with van der Waals surface area (Å²) in [4.78, 5) is 11.4. The summed E-state index contributed by atoms with van der Waals surface area (Å²) in [6.45, 7) is 2.71. The number of carbonyl (C=O) groups is 1. The van der Waals surface area contributed by atoms with Gasteiger partial charge in [0.15, 0.2) is 0 Å². The number of hydrogen-bond acceptors (Lipinski definition) is 6. The number of ether oxygens (including phenoxy) is 2. The molecule has 0 aliphatic rings. The molecule has 152 valence electrons. The first kappa shape index (κ1) is 21.7. The number of nitrogens with two attached hydrogens (primary N) is 1. The quantitative estimate of drug-likeness (QED) is 0.572. The molecule has 0 aromatic heterocycles. The van der Waals surface area contributed by atoms with Crippen molar-refractivity contribution in [1.29, 1.82) is 0 Å². The molecule has 0 spiro atoms. The summed E-state index contributed by atoms with van der Waals surface area (Å²) in [5.41, 5.74) is 7.27. The Labute approximate surface area is 165 Å². The van der Waals surface area contributed by atoms with Gasteiger partial charge in [-0.25, -0.2) is 0 Å². The maximum Gasteiger partial charge on any atom is 0.306 e. The number of amides is 1. The van der Waals surface area contributed by atoms with Crippen molar-refractivity contribution in [3.63, 3.8) is 0 Å². The van der Waals surface area contributed by atoms with Gasteiger partial charge in [-0.05, 0) is 42.3 Å². The van der Waals surface area contributed by atoms with Crippen LogP contribution in [0.1, 0.15) is 18.1 Å². The second-order valence-electron chi connectivity index (χ2n) is 6.22. The molecule has 0 saturated carbocycles. The van der Waals surface area contributed by atoms with Gasteiger partial charge in [-0.15, -0.1) is 0 Å². The first-order chi connectivity index (χ1) is 13.3. The van der Waals surface area contributed by atoms with Gasteiger partial charge in [0.2, 0.25) is 5.91 Å². The molecule has 2 aromatic carbocycles. The fourth-order valence-electron chi connectivity index (χ4n) is 2.55. The van der Waals surface area contributed by atoms with Gasteiger partial charge in [0.05, 0.1) is 12.9 Å². The van der Waals surface area contributed by atoms with Crippen LogP contribution in [-0.2, 0) is 32.5 Å². The van der Waals surface area contributed by atoms with E-state index in [0.717, 1.165) is 17.4 Å². The molecule has 8 heteroatoms. The second-order valence-corrected chi connectivity index (χ2v) is 7.80. The number of benzene rings is 2. The van der Waals surface area contributed by atoms with E-state index < -0.39 is 22.1 Å². The van der Waals surface area contributed by atoms with Crippen LogP contribution in [0.15, 0.2) is 48.5 Å². The van der Waals surface area contributed by atoms with E-state index in [1.54, 1.807) is 24.3 Å². The lowest BCUT2D eigenvalue weighted by atomic mass is 10.1. The van der Waals surface area contributed by atoms with Crippen molar-refractivity contribution in [2.75, 3.05) is 19.5 Å². The fraction of sp³-hybridized carbons (Fsp3) is 0.350. The Kier molecular flexibility index (Phi) is 7.83. The molecule has 0 heterocycles. The highest BCUT2D eigenvalue weighted by molar-refractivity contribution is 7.86. The standard InChI is InChI=1S/C20H25NO6S/c1-3-25-19(20(21)22)14-16-6-8-17(9-7-16)26-13-12-15-4-10-18(11-5-15)27-28(2,23)24/h4-11,19H,3,12-14H2,1-2H3,(H2,21,22). The lowest BCUT2D eigenvalue weighted by Gasteiger charge is -2.13. The third-order valence-corrected chi connectivity index (χ3v) is 4.36. The van der Waals surface area contributed by atoms with Crippen LogP contribution in [0.5, 0.6) is 11.5 Å². The van der Waals surface area contributed by atoms with Gasteiger partial charge in [-0.1, -0.05) is 24.3 Å². The van der Waals surface area contributed by atoms with Crippen LogP contribution >= 0.6 is 0 Å². The smallest absolute Gasteiger partial charge is 0.306 e. The zero-order chi connectivity index (χ0) is 20.6. The van der Waals surface area contributed by atoms with Gasteiger partial charge in [-0.2, -0.15) is 8.42 Å². The van der Waals surface area contributed by atoms with E-state index in [0.29, 0.717) is 31.8 Å². The van der Waals surface area contributed by atoms with Crippen molar-refractivity contribution in [2.24, 2.45) is 5.73 Å². The molecule has 0 bridgehead atoms. The van der Waals surface area contributed by atoms with Crippen molar-refractivity contribution in [3.05, 3.63) is 59.7 Å². The Balaban J connectivity index is 1.82. The summed E-state index contributed by atoms with van der Waals surface area (Å²) < 4.78 is 38.0. The van der Waals surface area contributed by atoms with Crippen molar-refractivity contribution >= 4 is 16.0 Å². The largest absolute Gasteiger partial charge is 0.493 e. The van der Waals surface area contributed by atoms with Gasteiger partial charge in [0.25, 0.3) is 0 Å². The van der Waals surface area contributed by atoms with Crippen molar-refractivity contribution in [2.45, 2.75) is 25.9 Å². The highest BCUT2D eigenvalue weighted by Gasteiger charge is 2.15. The van der Waals surface area contributed by atoms with Crippen molar-refractivity contribution in [3.8, 4) is 11.5 Å². The number of primary amides is 1. The van der Waals surface area contributed by atoms with Gasteiger partial charge in [-0.3, -0.25) is 4.79 Å². The molecule has 0 saturated heterocycles. The number of hydrogen-bond donors (Lipinski definition) is 1. The Hall–Kier alpha value is -2.58. The summed E-state index contributed by atoms with van der Waals surface area (Å²) in [6.07, 6.45) is 1.46. The average Bonchev–Trinajstić information content (AvgIpc) is 2.63. The maximum atomic E-state index is 11.4. The average molecular weight is 407 g/mol. The third-order valence-electron chi connectivity index (χ3n) is 3.86. The summed E-state index contributed by atoms with van der Waals surface area (Å²) >= 11 is 0. The Bertz CT molecular complexity index is 863. The maximum absolute atomic E-state index is 11.4. The Morgan fingerprint density at radius 3 is 2.11 bits per heavy atom. The SMILES string of the molecule is CCOC(Cc1ccc(OCCc2ccc(OS(C)(=O)=O)cc2)cc1)C(N)=O. The summed E-state index contributed by atoms with van der Waals surface area (Å²) in [5, 5.41) is 0. The van der Waals surface area contributed by atoms with E-state index in [9.17, 15) is 13.2 Å².